The lowest BCUT2D eigenvalue weighted by Crippen LogP contribution is -2.38. The molecule has 1 unspecified atom stereocenters. The summed E-state index contributed by atoms with van der Waals surface area (Å²) in [5.41, 5.74) is 0.492. The summed E-state index contributed by atoms with van der Waals surface area (Å²) < 4.78 is 0. The van der Waals surface area contributed by atoms with E-state index in [2.05, 4.69) is 15.6 Å². The van der Waals surface area contributed by atoms with Gasteiger partial charge in [0.1, 0.15) is 5.69 Å². The minimum atomic E-state index is -0.0776. The molecule has 1 aliphatic heterocycles. The maximum Gasteiger partial charge on any atom is 0.269 e. The number of rotatable bonds is 3. The molecular formula is C12H19Cl2N3O. The van der Waals surface area contributed by atoms with Gasteiger partial charge < -0.3 is 10.6 Å². The van der Waals surface area contributed by atoms with Crippen LogP contribution < -0.4 is 10.6 Å². The van der Waals surface area contributed by atoms with Crippen LogP contribution in [0.3, 0.4) is 0 Å². The van der Waals surface area contributed by atoms with E-state index in [0.29, 0.717) is 11.6 Å². The van der Waals surface area contributed by atoms with Gasteiger partial charge in [-0.2, -0.15) is 0 Å². The first-order valence-electron chi connectivity index (χ1n) is 5.76. The topological polar surface area (TPSA) is 54.0 Å². The Balaban J connectivity index is 0.00000144. The lowest BCUT2D eigenvalue weighted by molar-refractivity contribution is 0.0940. The molecule has 102 valence electrons. The Morgan fingerprint density at radius 1 is 1.44 bits per heavy atom. The molecule has 6 heteroatoms. The maximum absolute atomic E-state index is 11.7. The highest BCUT2D eigenvalue weighted by atomic mass is 35.5. The zero-order chi connectivity index (χ0) is 11.2. The van der Waals surface area contributed by atoms with Crippen LogP contribution >= 0.6 is 24.8 Å². The van der Waals surface area contributed by atoms with Gasteiger partial charge in [0, 0.05) is 12.7 Å². The second kappa shape index (κ2) is 9.14. The molecule has 2 rings (SSSR count). The van der Waals surface area contributed by atoms with Crippen LogP contribution in [0.2, 0.25) is 0 Å². The molecule has 1 saturated heterocycles. The Bertz CT molecular complexity index is 342. The number of hydrogen-bond acceptors (Lipinski definition) is 3. The van der Waals surface area contributed by atoms with Crippen molar-refractivity contribution in [2.75, 3.05) is 19.6 Å². The van der Waals surface area contributed by atoms with Crippen molar-refractivity contribution in [2.24, 2.45) is 5.92 Å². The third-order valence-corrected chi connectivity index (χ3v) is 2.85. The van der Waals surface area contributed by atoms with Crippen molar-refractivity contribution in [3.63, 3.8) is 0 Å². The second-order valence-electron chi connectivity index (χ2n) is 4.14. The number of carbonyl (C=O) groups excluding carboxylic acids is 1. The van der Waals surface area contributed by atoms with Crippen LogP contribution in [0.4, 0.5) is 0 Å². The fraction of sp³-hybridized carbons (Fsp3) is 0.500. The molecule has 1 aromatic heterocycles. The Labute approximate surface area is 120 Å². The Morgan fingerprint density at radius 3 is 2.89 bits per heavy atom. The summed E-state index contributed by atoms with van der Waals surface area (Å²) in [5.74, 6) is 0.479. The summed E-state index contributed by atoms with van der Waals surface area (Å²) >= 11 is 0. The average Bonchev–Trinajstić information content (AvgIpc) is 2.38. The first-order valence-corrected chi connectivity index (χ1v) is 5.76. The van der Waals surface area contributed by atoms with Crippen LogP contribution in [0.5, 0.6) is 0 Å². The minimum absolute atomic E-state index is 0. The molecule has 0 aromatic carbocycles. The first kappa shape index (κ1) is 17.2. The number of nitrogens with zero attached hydrogens (tertiary/aromatic N) is 1. The predicted octanol–water partition coefficient (Wildman–Crippen LogP) is 1.65. The molecule has 0 radical (unpaired) electrons. The van der Waals surface area contributed by atoms with E-state index in [4.69, 9.17) is 0 Å². The number of amides is 1. The smallest absolute Gasteiger partial charge is 0.269 e. The number of halogens is 2. The maximum atomic E-state index is 11.7. The monoisotopic (exact) mass is 291 g/mol. The van der Waals surface area contributed by atoms with Gasteiger partial charge in [0.05, 0.1) is 0 Å². The molecule has 1 aromatic rings. The van der Waals surface area contributed by atoms with Gasteiger partial charge in [-0.05, 0) is 44.0 Å². The third kappa shape index (κ3) is 5.21. The fourth-order valence-corrected chi connectivity index (χ4v) is 1.92. The van der Waals surface area contributed by atoms with E-state index in [1.165, 1.54) is 12.8 Å². The molecule has 4 nitrogen and oxygen atoms in total. The fourth-order valence-electron chi connectivity index (χ4n) is 1.92. The molecule has 18 heavy (non-hydrogen) atoms. The highest BCUT2D eigenvalue weighted by Crippen LogP contribution is 2.08. The van der Waals surface area contributed by atoms with Crippen molar-refractivity contribution in [2.45, 2.75) is 12.8 Å². The molecule has 1 atom stereocenters. The molecular weight excluding hydrogens is 273 g/mol. The summed E-state index contributed by atoms with van der Waals surface area (Å²) in [6, 6.07) is 5.36. The molecule has 0 aliphatic carbocycles. The number of hydrogen-bond donors (Lipinski definition) is 2. The Hall–Kier alpha value is -0.840. The van der Waals surface area contributed by atoms with Gasteiger partial charge >= 0.3 is 0 Å². The normalized spacial score (nSPS) is 18.1. The highest BCUT2D eigenvalue weighted by Gasteiger charge is 2.14. The molecule has 2 N–H and O–H groups in total. The van der Waals surface area contributed by atoms with Crippen LogP contribution in [0, 0.1) is 5.92 Å². The largest absolute Gasteiger partial charge is 0.350 e. The molecule has 0 saturated carbocycles. The summed E-state index contributed by atoms with van der Waals surface area (Å²) in [6.45, 7) is 2.84. The van der Waals surface area contributed by atoms with Gasteiger partial charge in [-0.3, -0.25) is 9.78 Å². The van der Waals surface area contributed by atoms with Gasteiger partial charge in [0.15, 0.2) is 0 Å². The van der Waals surface area contributed by atoms with Gasteiger partial charge in [0.2, 0.25) is 0 Å². The minimum Gasteiger partial charge on any atom is -0.350 e. The van der Waals surface area contributed by atoms with Crippen molar-refractivity contribution >= 4 is 30.7 Å². The Kier molecular flexibility index (Phi) is 8.71. The van der Waals surface area contributed by atoms with Crippen LogP contribution in [0.1, 0.15) is 23.3 Å². The van der Waals surface area contributed by atoms with E-state index in [1.807, 2.05) is 12.1 Å². The number of pyridine rings is 1. The predicted molar refractivity (Wildman–Crippen MR) is 76.7 cm³/mol. The van der Waals surface area contributed by atoms with Crippen LogP contribution in [-0.2, 0) is 0 Å². The van der Waals surface area contributed by atoms with Crippen LogP contribution in [0.25, 0.3) is 0 Å². The standard InChI is InChI=1S/C12H17N3O.2ClH/c16-12(11-5-1-2-7-14-11)15-9-10-4-3-6-13-8-10;;/h1-2,5,7,10,13H,3-4,6,8-9H2,(H,15,16);2*1H. The van der Waals surface area contributed by atoms with E-state index >= 15 is 0 Å². The van der Waals surface area contributed by atoms with Gasteiger partial charge in [-0.1, -0.05) is 6.07 Å². The van der Waals surface area contributed by atoms with Gasteiger partial charge in [-0.15, -0.1) is 24.8 Å². The molecule has 1 fully saturated rings. The molecule has 2 heterocycles. The van der Waals surface area contributed by atoms with E-state index in [0.717, 1.165) is 19.6 Å². The van der Waals surface area contributed by atoms with Crippen molar-refractivity contribution in [3.8, 4) is 0 Å². The summed E-state index contributed by atoms with van der Waals surface area (Å²) in [7, 11) is 0. The van der Waals surface area contributed by atoms with Crippen molar-refractivity contribution in [1.82, 2.24) is 15.6 Å². The van der Waals surface area contributed by atoms with Gasteiger partial charge in [0.25, 0.3) is 5.91 Å². The summed E-state index contributed by atoms with van der Waals surface area (Å²) in [5, 5.41) is 6.26. The van der Waals surface area contributed by atoms with E-state index in [-0.39, 0.29) is 30.7 Å². The SMILES string of the molecule is Cl.Cl.O=C(NCC1CCCNC1)c1ccccn1. The highest BCUT2D eigenvalue weighted by molar-refractivity contribution is 5.92. The van der Waals surface area contributed by atoms with Gasteiger partial charge in [-0.25, -0.2) is 0 Å². The van der Waals surface area contributed by atoms with Crippen LogP contribution in [0.15, 0.2) is 24.4 Å². The third-order valence-electron chi connectivity index (χ3n) is 2.85. The molecule has 1 amide bonds. The molecule has 0 bridgehead atoms. The van der Waals surface area contributed by atoms with Crippen LogP contribution in [-0.4, -0.2) is 30.5 Å². The lowest BCUT2D eigenvalue weighted by atomic mass is 10.00. The average molecular weight is 292 g/mol. The number of aromatic nitrogens is 1. The van der Waals surface area contributed by atoms with E-state index in [1.54, 1.807) is 12.3 Å². The first-order chi connectivity index (χ1) is 7.86. The zero-order valence-corrected chi connectivity index (χ0v) is 11.7. The molecule has 0 spiro atoms. The molecule has 1 aliphatic rings. The number of piperidine rings is 1. The quantitative estimate of drug-likeness (QED) is 0.891. The van der Waals surface area contributed by atoms with Crippen molar-refractivity contribution < 1.29 is 4.79 Å². The van der Waals surface area contributed by atoms with E-state index in [9.17, 15) is 4.79 Å². The summed E-state index contributed by atoms with van der Waals surface area (Å²) in [4.78, 5) is 15.7. The van der Waals surface area contributed by atoms with Crippen molar-refractivity contribution in [3.05, 3.63) is 30.1 Å². The number of nitrogens with one attached hydrogen (secondary N) is 2. The Morgan fingerprint density at radius 2 is 2.28 bits per heavy atom. The lowest BCUT2D eigenvalue weighted by Gasteiger charge is -2.22. The zero-order valence-electron chi connectivity index (χ0n) is 10.1. The van der Waals surface area contributed by atoms with Crippen molar-refractivity contribution in [1.29, 1.82) is 0 Å². The number of carbonyl (C=O) groups is 1. The summed E-state index contributed by atoms with van der Waals surface area (Å²) in [6.07, 6.45) is 4.02. The van der Waals surface area contributed by atoms with E-state index < -0.39 is 0 Å². The second-order valence-corrected chi connectivity index (χ2v) is 4.14.